The van der Waals surface area contributed by atoms with Crippen molar-refractivity contribution in [2.45, 2.75) is 45.2 Å². The third kappa shape index (κ3) is 6.09. The molecule has 0 aliphatic carbocycles. The van der Waals surface area contributed by atoms with Gasteiger partial charge in [0.15, 0.2) is 0 Å². The molecule has 4 rings (SSSR count). The SMILES string of the molecule is CC[C@H](C)N(CC(=O)N1CCc2sccc2[C@@H]1COc1cccc(F)c1)C(=O)Cc1ccccc1. The molecule has 0 saturated heterocycles. The van der Waals surface area contributed by atoms with Crippen LogP contribution in [-0.2, 0) is 22.4 Å². The van der Waals surface area contributed by atoms with Crippen LogP contribution >= 0.6 is 11.3 Å². The van der Waals surface area contributed by atoms with Gasteiger partial charge in [-0.05, 0) is 54.5 Å². The number of amides is 2. The van der Waals surface area contributed by atoms with Crippen LogP contribution in [0.25, 0.3) is 0 Å². The second-order valence-corrected chi connectivity index (χ2v) is 9.86. The molecule has 0 fully saturated rings. The molecule has 0 N–H and O–H groups in total. The van der Waals surface area contributed by atoms with Crippen LogP contribution in [0.2, 0.25) is 0 Å². The Hall–Kier alpha value is -3.19. The van der Waals surface area contributed by atoms with Crippen molar-refractivity contribution < 1.29 is 18.7 Å². The molecule has 35 heavy (non-hydrogen) atoms. The summed E-state index contributed by atoms with van der Waals surface area (Å²) in [6.07, 6.45) is 1.80. The van der Waals surface area contributed by atoms with E-state index in [4.69, 9.17) is 4.74 Å². The Bertz CT molecular complexity index is 1150. The minimum absolute atomic E-state index is 0.0244. The Labute approximate surface area is 210 Å². The van der Waals surface area contributed by atoms with E-state index >= 15 is 0 Å². The van der Waals surface area contributed by atoms with Crippen molar-refractivity contribution >= 4 is 23.2 Å². The first-order valence-corrected chi connectivity index (χ1v) is 12.9. The predicted molar refractivity (Wildman–Crippen MR) is 136 cm³/mol. The summed E-state index contributed by atoms with van der Waals surface area (Å²) in [6.45, 7) is 4.81. The summed E-state index contributed by atoms with van der Waals surface area (Å²) in [4.78, 5) is 31.6. The molecule has 0 unspecified atom stereocenters. The lowest BCUT2D eigenvalue weighted by atomic mass is 10.00. The van der Waals surface area contributed by atoms with Gasteiger partial charge in [0.1, 0.15) is 24.7 Å². The summed E-state index contributed by atoms with van der Waals surface area (Å²) in [7, 11) is 0. The van der Waals surface area contributed by atoms with Crippen LogP contribution in [0.15, 0.2) is 66.0 Å². The number of carbonyl (C=O) groups excluding carboxylic acids is 2. The minimum atomic E-state index is -0.364. The van der Waals surface area contributed by atoms with Gasteiger partial charge in [0, 0.05) is 23.5 Å². The van der Waals surface area contributed by atoms with Crippen LogP contribution in [0.5, 0.6) is 5.75 Å². The second-order valence-electron chi connectivity index (χ2n) is 8.86. The van der Waals surface area contributed by atoms with E-state index in [0.29, 0.717) is 12.3 Å². The average molecular weight is 495 g/mol. The lowest BCUT2D eigenvalue weighted by molar-refractivity contribution is -0.144. The largest absolute Gasteiger partial charge is 0.491 e. The molecule has 3 aromatic rings. The number of thiophene rings is 1. The highest BCUT2D eigenvalue weighted by molar-refractivity contribution is 7.10. The number of carbonyl (C=O) groups is 2. The molecule has 2 aromatic carbocycles. The summed E-state index contributed by atoms with van der Waals surface area (Å²) in [5, 5.41) is 2.03. The molecule has 1 aromatic heterocycles. The van der Waals surface area contributed by atoms with E-state index in [0.717, 1.165) is 24.0 Å². The Balaban J connectivity index is 1.51. The van der Waals surface area contributed by atoms with Gasteiger partial charge in [0.05, 0.1) is 12.5 Å². The molecule has 0 bridgehead atoms. The van der Waals surface area contributed by atoms with Gasteiger partial charge in [-0.2, -0.15) is 0 Å². The Morgan fingerprint density at radius 2 is 1.97 bits per heavy atom. The fourth-order valence-corrected chi connectivity index (χ4v) is 5.35. The lowest BCUT2D eigenvalue weighted by Crippen LogP contribution is -2.50. The zero-order chi connectivity index (χ0) is 24.8. The summed E-state index contributed by atoms with van der Waals surface area (Å²) in [5.41, 5.74) is 2.00. The smallest absolute Gasteiger partial charge is 0.242 e. The molecule has 7 heteroatoms. The maximum Gasteiger partial charge on any atom is 0.242 e. The first kappa shape index (κ1) is 24.9. The quantitative estimate of drug-likeness (QED) is 0.408. The number of ether oxygens (including phenoxy) is 1. The van der Waals surface area contributed by atoms with E-state index in [1.54, 1.807) is 28.4 Å². The fraction of sp³-hybridized carbons (Fsp3) is 0.357. The lowest BCUT2D eigenvalue weighted by Gasteiger charge is -2.38. The molecule has 0 radical (unpaired) electrons. The molecule has 2 atom stereocenters. The molecule has 184 valence electrons. The van der Waals surface area contributed by atoms with Gasteiger partial charge in [0.25, 0.3) is 0 Å². The highest BCUT2D eigenvalue weighted by Gasteiger charge is 2.34. The van der Waals surface area contributed by atoms with Crippen molar-refractivity contribution in [3.05, 3.63) is 87.9 Å². The van der Waals surface area contributed by atoms with Gasteiger partial charge in [-0.3, -0.25) is 9.59 Å². The van der Waals surface area contributed by atoms with Gasteiger partial charge in [-0.1, -0.05) is 43.3 Å². The fourth-order valence-electron chi connectivity index (χ4n) is 4.43. The third-order valence-corrected chi connectivity index (χ3v) is 7.56. The molecule has 0 spiro atoms. The molecule has 5 nitrogen and oxygen atoms in total. The van der Waals surface area contributed by atoms with Crippen LogP contribution in [-0.4, -0.2) is 47.4 Å². The molecule has 2 heterocycles. The van der Waals surface area contributed by atoms with E-state index < -0.39 is 0 Å². The van der Waals surface area contributed by atoms with E-state index in [-0.39, 0.29) is 49.3 Å². The number of nitrogens with zero attached hydrogens (tertiary/aromatic N) is 2. The Morgan fingerprint density at radius 3 is 2.71 bits per heavy atom. The molecule has 1 aliphatic rings. The highest BCUT2D eigenvalue weighted by atomic mass is 32.1. The summed E-state index contributed by atoms with van der Waals surface area (Å²) < 4.78 is 19.6. The minimum Gasteiger partial charge on any atom is -0.491 e. The van der Waals surface area contributed by atoms with Crippen molar-refractivity contribution in [3.63, 3.8) is 0 Å². The van der Waals surface area contributed by atoms with Crippen molar-refractivity contribution in [1.29, 1.82) is 0 Å². The monoisotopic (exact) mass is 494 g/mol. The molecule has 0 saturated carbocycles. The molecular weight excluding hydrogens is 463 g/mol. The standard InChI is InChI=1S/C28H31FN2O3S/c1-3-20(2)31(27(32)16-21-8-5-4-6-9-21)18-28(33)30-14-12-26-24(13-15-35-26)25(30)19-34-23-11-7-10-22(29)17-23/h4-11,13,15,17,20,25H,3,12,14,16,18-19H2,1-2H3/t20-,25-/m0/s1. The zero-order valence-electron chi connectivity index (χ0n) is 20.2. The highest BCUT2D eigenvalue weighted by Crippen LogP contribution is 2.34. The molecular formula is C28H31FN2O3S. The van der Waals surface area contributed by atoms with Crippen molar-refractivity contribution in [2.75, 3.05) is 19.7 Å². The van der Waals surface area contributed by atoms with Crippen molar-refractivity contribution in [1.82, 2.24) is 9.80 Å². The number of hydrogen-bond acceptors (Lipinski definition) is 4. The zero-order valence-corrected chi connectivity index (χ0v) is 21.0. The van der Waals surface area contributed by atoms with Gasteiger partial charge >= 0.3 is 0 Å². The van der Waals surface area contributed by atoms with Gasteiger partial charge in [0.2, 0.25) is 11.8 Å². The first-order chi connectivity index (χ1) is 17.0. The maximum atomic E-state index is 13.6. The topological polar surface area (TPSA) is 49.9 Å². The Kier molecular flexibility index (Phi) is 8.18. The number of rotatable bonds is 9. The third-order valence-electron chi connectivity index (χ3n) is 6.57. The van der Waals surface area contributed by atoms with Crippen LogP contribution < -0.4 is 4.74 Å². The van der Waals surface area contributed by atoms with E-state index in [9.17, 15) is 14.0 Å². The first-order valence-electron chi connectivity index (χ1n) is 12.0. The summed E-state index contributed by atoms with van der Waals surface area (Å²) in [6, 6.07) is 17.3. The summed E-state index contributed by atoms with van der Waals surface area (Å²) in [5.74, 6) is -0.0912. The summed E-state index contributed by atoms with van der Waals surface area (Å²) >= 11 is 1.68. The Morgan fingerprint density at radius 1 is 1.17 bits per heavy atom. The van der Waals surface area contributed by atoms with Crippen LogP contribution in [0.4, 0.5) is 4.39 Å². The van der Waals surface area contributed by atoms with E-state index in [1.165, 1.54) is 17.0 Å². The van der Waals surface area contributed by atoms with E-state index in [1.807, 2.05) is 60.5 Å². The van der Waals surface area contributed by atoms with Crippen LogP contribution in [0, 0.1) is 5.82 Å². The van der Waals surface area contributed by atoms with Crippen LogP contribution in [0.1, 0.15) is 42.3 Å². The van der Waals surface area contributed by atoms with Crippen molar-refractivity contribution in [2.24, 2.45) is 0 Å². The maximum absolute atomic E-state index is 13.6. The number of fused-ring (bicyclic) bond motifs is 1. The van der Waals surface area contributed by atoms with Crippen LogP contribution in [0.3, 0.4) is 0 Å². The van der Waals surface area contributed by atoms with Gasteiger partial charge in [-0.15, -0.1) is 11.3 Å². The predicted octanol–water partition coefficient (Wildman–Crippen LogP) is 5.26. The number of benzene rings is 2. The van der Waals surface area contributed by atoms with Crippen molar-refractivity contribution in [3.8, 4) is 5.75 Å². The average Bonchev–Trinajstić information content (AvgIpc) is 3.35. The second kappa shape index (κ2) is 11.5. The number of hydrogen-bond donors (Lipinski definition) is 0. The van der Waals surface area contributed by atoms with Gasteiger partial charge in [-0.25, -0.2) is 4.39 Å². The van der Waals surface area contributed by atoms with E-state index in [2.05, 4.69) is 0 Å². The molecule has 1 aliphatic heterocycles. The molecule has 2 amide bonds. The normalized spacial score (nSPS) is 15.9. The van der Waals surface area contributed by atoms with Gasteiger partial charge < -0.3 is 14.5 Å². The number of halogens is 1.